The van der Waals surface area contributed by atoms with Crippen molar-refractivity contribution in [3.63, 3.8) is 0 Å². The molecule has 0 unspecified atom stereocenters. The van der Waals surface area contributed by atoms with Gasteiger partial charge >= 0.3 is 5.97 Å². The Labute approximate surface area is 140 Å². The quantitative estimate of drug-likeness (QED) is 0.615. The van der Waals surface area contributed by atoms with Crippen molar-refractivity contribution in [2.45, 2.75) is 38.2 Å². The number of ether oxygens (including phenoxy) is 1. The Hall–Kier alpha value is -1.23. The molecule has 1 N–H and O–H groups in total. The Balaban J connectivity index is 2.02. The van der Waals surface area contributed by atoms with Gasteiger partial charge in [0.05, 0.1) is 29.3 Å². The van der Waals surface area contributed by atoms with Gasteiger partial charge in [-0.2, -0.15) is 0 Å². The summed E-state index contributed by atoms with van der Waals surface area (Å²) in [5.41, 5.74) is 4.17. The fourth-order valence-electron chi connectivity index (χ4n) is 2.42. The topological polar surface area (TPSA) is 47.6 Å². The van der Waals surface area contributed by atoms with Crippen molar-refractivity contribution < 1.29 is 14.4 Å². The minimum absolute atomic E-state index is 0.0738. The molecule has 1 saturated carbocycles. The summed E-state index contributed by atoms with van der Waals surface area (Å²) >= 11 is 11.9. The molecule has 0 amide bonds. The average molecular weight is 344 g/mol. The molecule has 1 aromatic carbocycles. The van der Waals surface area contributed by atoms with E-state index in [0.29, 0.717) is 15.7 Å². The molecule has 22 heavy (non-hydrogen) atoms. The van der Waals surface area contributed by atoms with Crippen molar-refractivity contribution >= 4 is 34.9 Å². The molecule has 1 aliphatic carbocycles. The number of rotatable bonds is 6. The van der Waals surface area contributed by atoms with Crippen LogP contribution in [0.1, 0.15) is 37.7 Å². The molecule has 0 radical (unpaired) electrons. The first-order chi connectivity index (χ1) is 10.6. The number of carbonyl (C=O) groups excluding carboxylic acids is 1. The van der Waals surface area contributed by atoms with Gasteiger partial charge in [-0.3, -0.25) is 15.1 Å². The zero-order valence-electron chi connectivity index (χ0n) is 12.4. The molecular weight excluding hydrogens is 325 g/mol. The van der Waals surface area contributed by atoms with Crippen molar-refractivity contribution in [1.29, 1.82) is 0 Å². The highest BCUT2D eigenvalue weighted by atomic mass is 35.5. The standard InChI is InChI=1S/C16H19Cl2NO3/c1-21-19-15(11-6-7-13(17)14(18)10-11)8-9-16(20)22-12-4-2-3-5-12/h6-8,10,12,19H,2-5,9H2,1H3/b15-8-. The summed E-state index contributed by atoms with van der Waals surface area (Å²) in [6, 6.07) is 5.21. The summed E-state index contributed by atoms with van der Waals surface area (Å²) in [5.74, 6) is -0.234. The predicted octanol–water partition coefficient (Wildman–Crippen LogP) is 4.36. The van der Waals surface area contributed by atoms with Crippen molar-refractivity contribution in [3.05, 3.63) is 39.9 Å². The second kappa shape index (κ2) is 8.42. The monoisotopic (exact) mass is 343 g/mol. The maximum atomic E-state index is 11.9. The highest BCUT2D eigenvalue weighted by Crippen LogP contribution is 2.26. The number of hydroxylamine groups is 1. The molecule has 0 heterocycles. The molecule has 1 aromatic rings. The molecule has 0 aromatic heterocycles. The van der Waals surface area contributed by atoms with Gasteiger partial charge in [0.15, 0.2) is 0 Å². The molecule has 1 aliphatic rings. The van der Waals surface area contributed by atoms with E-state index in [0.717, 1.165) is 31.2 Å². The molecule has 2 rings (SSSR count). The molecule has 120 valence electrons. The van der Waals surface area contributed by atoms with Crippen LogP contribution in [0.3, 0.4) is 0 Å². The third kappa shape index (κ3) is 4.90. The molecule has 0 aliphatic heterocycles. The first-order valence-corrected chi connectivity index (χ1v) is 8.00. The zero-order chi connectivity index (χ0) is 15.9. The van der Waals surface area contributed by atoms with Gasteiger partial charge in [-0.05, 0) is 43.9 Å². The lowest BCUT2D eigenvalue weighted by molar-refractivity contribution is -0.147. The Morgan fingerprint density at radius 3 is 2.68 bits per heavy atom. The SMILES string of the molecule is CON/C(=C\CC(=O)OC1CCCC1)c1ccc(Cl)c(Cl)c1. The van der Waals surface area contributed by atoms with Crippen molar-refractivity contribution in [2.75, 3.05) is 7.11 Å². The van der Waals surface area contributed by atoms with Crippen LogP contribution in [0.25, 0.3) is 5.70 Å². The van der Waals surface area contributed by atoms with Gasteiger partial charge in [0, 0.05) is 5.56 Å². The van der Waals surface area contributed by atoms with E-state index in [-0.39, 0.29) is 18.5 Å². The van der Waals surface area contributed by atoms with Crippen molar-refractivity contribution in [3.8, 4) is 0 Å². The van der Waals surface area contributed by atoms with Gasteiger partial charge in [0.1, 0.15) is 6.10 Å². The van der Waals surface area contributed by atoms with Gasteiger partial charge in [-0.1, -0.05) is 29.3 Å². The number of benzene rings is 1. The van der Waals surface area contributed by atoms with Crippen LogP contribution in [0.5, 0.6) is 0 Å². The second-order valence-corrected chi connectivity index (χ2v) is 5.97. The lowest BCUT2D eigenvalue weighted by atomic mass is 10.1. The van der Waals surface area contributed by atoms with Crippen LogP contribution in [0.15, 0.2) is 24.3 Å². The van der Waals surface area contributed by atoms with Crippen LogP contribution < -0.4 is 5.48 Å². The summed E-state index contributed by atoms with van der Waals surface area (Å²) in [7, 11) is 1.50. The molecule has 1 fully saturated rings. The third-order valence-electron chi connectivity index (χ3n) is 3.52. The number of hydrogen-bond donors (Lipinski definition) is 1. The minimum Gasteiger partial charge on any atom is -0.462 e. The summed E-state index contributed by atoms with van der Waals surface area (Å²) in [6.07, 6.45) is 6.16. The van der Waals surface area contributed by atoms with Gasteiger partial charge in [-0.25, -0.2) is 0 Å². The van der Waals surface area contributed by atoms with Crippen LogP contribution >= 0.6 is 23.2 Å². The number of halogens is 2. The first-order valence-electron chi connectivity index (χ1n) is 7.24. The summed E-state index contributed by atoms with van der Waals surface area (Å²) in [6.45, 7) is 0. The van der Waals surface area contributed by atoms with E-state index < -0.39 is 0 Å². The van der Waals surface area contributed by atoms with Gasteiger partial charge in [-0.15, -0.1) is 0 Å². The fraction of sp³-hybridized carbons (Fsp3) is 0.438. The smallest absolute Gasteiger partial charge is 0.309 e. The van der Waals surface area contributed by atoms with E-state index in [1.807, 2.05) is 0 Å². The van der Waals surface area contributed by atoms with E-state index >= 15 is 0 Å². The van der Waals surface area contributed by atoms with Crippen molar-refractivity contribution in [2.24, 2.45) is 0 Å². The van der Waals surface area contributed by atoms with Crippen LogP contribution in [0.4, 0.5) is 0 Å². The summed E-state index contributed by atoms with van der Waals surface area (Å²) in [5, 5.41) is 0.916. The highest BCUT2D eigenvalue weighted by Gasteiger charge is 2.18. The lowest BCUT2D eigenvalue weighted by Crippen LogP contribution is -2.15. The fourth-order valence-corrected chi connectivity index (χ4v) is 2.72. The van der Waals surface area contributed by atoms with Gasteiger partial charge in [0.2, 0.25) is 0 Å². The number of esters is 1. The third-order valence-corrected chi connectivity index (χ3v) is 4.25. The Kier molecular flexibility index (Phi) is 6.55. The van der Waals surface area contributed by atoms with Crippen LogP contribution in [0.2, 0.25) is 10.0 Å². The maximum Gasteiger partial charge on any atom is 0.309 e. The Morgan fingerprint density at radius 2 is 2.05 bits per heavy atom. The maximum absolute atomic E-state index is 11.9. The van der Waals surface area contributed by atoms with E-state index in [9.17, 15) is 4.79 Å². The lowest BCUT2D eigenvalue weighted by Gasteiger charge is -2.12. The largest absolute Gasteiger partial charge is 0.462 e. The van der Waals surface area contributed by atoms with Crippen LogP contribution in [-0.4, -0.2) is 19.2 Å². The van der Waals surface area contributed by atoms with Crippen LogP contribution in [-0.2, 0) is 14.4 Å². The van der Waals surface area contributed by atoms with Crippen molar-refractivity contribution in [1.82, 2.24) is 5.48 Å². The summed E-state index contributed by atoms with van der Waals surface area (Å²) in [4.78, 5) is 16.8. The summed E-state index contributed by atoms with van der Waals surface area (Å²) < 4.78 is 5.42. The molecule has 0 atom stereocenters. The number of hydrogen-bond acceptors (Lipinski definition) is 4. The number of nitrogens with one attached hydrogen (secondary N) is 1. The molecule has 6 heteroatoms. The van der Waals surface area contributed by atoms with E-state index in [4.69, 9.17) is 32.8 Å². The van der Waals surface area contributed by atoms with Gasteiger partial charge < -0.3 is 4.74 Å². The number of carbonyl (C=O) groups is 1. The molecular formula is C16H19Cl2NO3. The average Bonchev–Trinajstić information content (AvgIpc) is 2.99. The zero-order valence-corrected chi connectivity index (χ0v) is 13.9. The Bertz CT molecular complexity index is 554. The molecule has 0 bridgehead atoms. The minimum atomic E-state index is -0.234. The predicted molar refractivity (Wildman–Crippen MR) is 87.5 cm³/mol. The Morgan fingerprint density at radius 1 is 1.32 bits per heavy atom. The van der Waals surface area contributed by atoms with Gasteiger partial charge in [0.25, 0.3) is 0 Å². The molecule has 0 saturated heterocycles. The first kappa shape index (κ1) is 17.1. The molecule has 0 spiro atoms. The highest BCUT2D eigenvalue weighted by molar-refractivity contribution is 6.42. The van der Waals surface area contributed by atoms with E-state index in [1.54, 1.807) is 24.3 Å². The molecule has 4 nitrogen and oxygen atoms in total. The normalized spacial score (nSPS) is 15.9. The second-order valence-electron chi connectivity index (χ2n) is 5.15. The van der Waals surface area contributed by atoms with E-state index in [2.05, 4.69) is 5.48 Å². The van der Waals surface area contributed by atoms with E-state index in [1.165, 1.54) is 7.11 Å². The van der Waals surface area contributed by atoms with Crippen LogP contribution in [0, 0.1) is 0 Å².